The van der Waals surface area contributed by atoms with Crippen molar-refractivity contribution in [2.45, 2.75) is 64.4 Å². The van der Waals surface area contributed by atoms with Crippen molar-refractivity contribution in [1.29, 1.82) is 0 Å². The highest BCUT2D eigenvalue weighted by molar-refractivity contribution is 7.80. The lowest BCUT2D eigenvalue weighted by atomic mass is 10.1. The summed E-state index contributed by atoms with van der Waals surface area (Å²) in [6.07, 6.45) is 8.69. The lowest BCUT2D eigenvalue weighted by Gasteiger charge is -2.14. The summed E-state index contributed by atoms with van der Waals surface area (Å²) in [5, 5.41) is 3.49. The van der Waals surface area contributed by atoms with E-state index in [0.717, 1.165) is 32.3 Å². The second-order valence-corrected chi connectivity index (χ2v) is 5.59. The molecule has 116 valence electrons. The number of unbranched alkanes of at least 4 members (excludes halogenated alkanes) is 4. The number of amides is 1. The fourth-order valence-electron chi connectivity index (χ4n) is 2.13. The molecule has 1 aliphatic rings. The highest BCUT2D eigenvalue weighted by Crippen LogP contribution is 2.10. The molecule has 3 N–H and O–H groups in total. The van der Waals surface area contributed by atoms with Gasteiger partial charge < -0.3 is 10.1 Å². The van der Waals surface area contributed by atoms with E-state index in [0.29, 0.717) is 18.1 Å². The molecule has 1 atom stereocenters. The Kier molecular flexibility index (Phi) is 9.32. The molecule has 5 nitrogen and oxygen atoms in total. The van der Waals surface area contributed by atoms with E-state index in [-0.39, 0.29) is 12.0 Å². The van der Waals surface area contributed by atoms with Crippen LogP contribution in [0.2, 0.25) is 0 Å². The van der Waals surface area contributed by atoms with Crippen LogP contribution in [-0.2, 0) is 9.53 Å². The average molecular weight is 301 g/mol. The number of thiocarbonyl (C=S) groups is 1. The van der Waals surface area contributed by atoms with Crippen LogP contribution in [-0.4, -0.2) is 30.3 Å². The third-order valence-corrected chi connectivity index (χ3v) is 3.58. The summed E-state index contributed by atoms with van der Waals surface area (Å²) < 4.78 is 5.48. The first-order valence-electron chi connectivity index (χ1n) is 7.66. The molecule has 0 aromatic carbocycles. The van der Waals surface area contributed by atoms with Crippen LogP contribution in [0, 0.1) is 0 Å². The summed E-state index contributed by atoms with van der Waals surface area (Å²) in [5.74, 6) is -0.0113. The van der Waals surface area contributed by atoms with Crippen LogP contribution in [0.3, 0.4) is 0 Å². The topological polar surface area (TPSA) is 62.4 Å². The number of carbonyl (C=O) groups is 1. The summed E-state index contributed by atoms with van der Waals surface area (Å²) in [5.41, 5.74) is 5.34. The van der Waals surface area contributed by atoms with Crippen LogP contribution in [0.15, 0.2) is 0 Å². The zero-order valence-corrected chi connectivity index (χ0v) is 13.2. The molecule has 1 rings (SSSR count). The molecule has 6 heteroatoms. The zero-order valence-electron chi connectivity index (χ0n) is 12.4. The smallest absolute Gasteiger partial charge is 0.238 e. The largest absolute Gasteiger partial charge is 0.376 e. The quantitative estimate of drug-likeness (QED) is 0.364. The SMILES string of the molecule is CCCCCCCC(=O)NNC(=S)NC[C@H]1CCCO1. The average Bonchev–Trinajstić information content (AvgIpc) is 2.96. The van der Waals surface area contributed by atoms with Crippen molar-refractivity contribution in [2.75, 3.05) is 13.2 Å². The summed E-state index contributed by atoms with van der Waals surface area (Å²) in [7, 11) is 0. The Morgan fingerprint density at radius 1 is 1.25 bits per heavy atom. The molecule has 0 aromatic rings. The van der Waals surface area contributed by atoms with Crippen molar-refractivity contribution in [3.8, 4) is 0 Å². The van der Waals surface area contributed by atoms with Crippen LogP contribution >= 0.6 is 12.2 Å². The summed E-state index contributed by atoms with van der Waals surface area (Å²) in [4.78, 5) is 11.6. The van der Waals surface area contributed by atoms with Gasteiger partial charge in [0, 0.05) is 19.6 Å². The summed E-state index contributed by atoms with van der Waals surface area (Å²) >= 11 is 5.08. The molecule has 0 bridgehead atoms. The number of carbonyl (C=O) groups excluding carboxylic acids is 1. The van der Waals surface area contributed by atoms with Gasteiger partial charge in [0.25, 0.3) is 0 Å². The highest BCUT2D eigenvalue weighted by Gasteiger charge is 2.15. The number of rotatable bonds is 8. The molecule has 0 saturated carbocycles. The van der Waals surface area contributed by atoms with Gasteiger partial charge in [0.2, 0.25) is 5.91 Å². The molecule has 1 aliphatic heterocycles. The van der Waals surface area contributed by atoms with Crippen molar-refractivity contribution in [2.24, 2.45) is 0 Å². The molecule has 0 spiro atoms. The van der Waals surface area contributed by atoms with E-state index < -0.39 is 0 Å². The van der Waals surface area contributed by atoms with E-state index in [1.54, 1.807) is 0 Å². The monoisotopic (exact) mass is 301 g/mol. The first-order chi connectivity index (χ1) is 9.72. The predicted molar refractivity (Wildman–Crippen MR) is 84.2 cm³/mol. The van der Waals surface area contributed by atoms with E-state index in [9.17, 15) is 4.79 Å². The summed E-state index contributed by atoms with van der Waals surface area (Å²) in [6.45, 7) is 3.71. The van der Waals surface area contributed by atoms with Gasteiger partial charge in [0.05, 0.1) is 6.10 Å². The van der Waals surface area contributed by atoms with Crippen molar-refractivity contribution < 1.29 is 9.53 Å². The number of hydrogen-bond donors (Lipinski definition) is 3. The van der Waals surface area contributed by atoms with Gasteiger partial charge in [-0.15, -0.1) is 0 Å². The highest BCUT2D eigenvalue weighted by atomic mass is 32.1. The zero-order chi connectivity index (χ0) is 14.6. The molecule has 0 unspecified atom stereocenters. The maximum Gasteiger partial charge on any atom is 0.238 e. The van der Waals surface area contributed by atoms with Crippen LogP contribution in [0.1, 0.15) is 58.3 Å². The van der Waals surface area contributed by atoms with Gasteiger partial charge in [0.1, 0.15) is 0 Å². The number of ether oxygens (including phenoxy) is 1. The Balaban J connectivity index is 1.95. The number of hydrogen-bond acceptors (Lipinski definition) is 3. The summed E-state index contributed by atoms with van der Waals surface area (Å²) in [6, 6.07) is 0. The lowest BCUT2D eigenvalue weighted by molar-refractivity contribution is -0.121. The van der Waals surface area contributed by atoms with E-state index in [1.807, 2.05) is 0 Å². The van der Waals surface area contributed by atoms with Crippen molar-refractivity contribution in [1.82, 2.24) is 16.2 Å². The Hall–Kier alpha value is -0.880. The Morgan fingerprint density at radius 3 is 2.75 bits per heavy atom. The van der Waals surface area contributed by atoms with Gasteiger partial charge in [-0.25, -0.2) is 0 Å². The van der Waals surface area contributed by atoms with E-state index in [4.69, 9.17) is 17.0 Å². The van der Waals surface area contributed by atoms with Crippen LogP contribution in [0.4, 0.5) is 0 Å². The Bertz CT molecular complexity index is 294. The molecule has 1 amide bonds. The first kappa shape index (κ1) is 17.2. The minimum Gasteiger partial charge on any atom is -0.376 e. The number of hydrazine groups is 1. The van der Waals surface area contributed by atoms with Gasteiger partial charge >= 0.3 is 0 Å². The van der Waals surface area contributed by atoms with Gasteiger partial charge in [-0.2, -0.15) is 0 Å². The molecule has 1 saturated heterocycles. The first-order valence-corrected chi connectivity index (χ1v) is 8.07. The lowest BCUT2D eigenvalue weighted by Crippen LogP contribution is -2.48. The fourth-order valence-corrected chi connectivity index (χ4v) is 2.27. The maximum atomic E-state index is 11.6. The van der Waals surface area contributed by atoms with Gasteiger partial charge in [-0.1, -0.05) is 32.6 Å². The molecule has 0 aromatic heterocycles. The number of nitrogens with one attached hydrogen (secondary N) is 3. The van der Waals surface area contributed by atoms with Crippen molar-refractivity contribution in [3.05, 3.63) is 0 Å². The molecule has 0 aliphatic carbocycles. The normalized spacial score (nSPS) is 17.8. The molecule has 20 heavy (non-hydrogen) atoms. The molecule has 1 heterocycles. The second kappa shape index (κ2) is 10.9. The minimum atomic E-state index is -0.0113. The molecular weight excluding hydrogens is 274 g/mol. The van der Waals surface area contributed by atoms with Crippen LogP contribution in [0.25, 0.3) is 0 Å². The third kappa shape index (κ3) is 8.32. The fraction of sp³-hybridized carbons (Fsp3) is 0.857. The Labute approximate surface area is 127 Å². The predicted octanol–water partition coefficient (Wildman–Crippen LogP) is 2.02. The molecule has 1 fully saturated rings. The Morgan fingerprint density at radius 2 is 2.05 bits per heavy atom. The van der Waals surface area contributed by atoms with Gasteiger partial charge in [-0.05, 0) is 31.5 Å². The van der Waals surface area contributed by atoms with Crippen LogP contribution in [0.5, 0.6) is 0 Å². The van der Waals surface area contributed by atoms with Crippen molar-refractivity contribution >= 4 is 23.2 Å². The maximum absolute atomic E-state index is 11.6. The van der Waals surface area contributed by atoms with Gasteiger partial charge in [-0.3, -0.25) is 15.6 Å². The third-order valence-electron chi connectivity index (χ3n) is 3.34. The standard InChI is InChI=1S/C14H27N3O2S/c1-2-3-4-5-6-9-13(18)16-17-14(20)15-11-12-8-7-10-19-12/h12H,2-11H2,1H3,(H,16,18)(H2,15,17,20)/t12-/m1/s1. The van der Waals surface area contributed by atoms with Gasteiger partial charge in [0.15, 0.2) is 5.11 Å². The van der Waals surface area contributed by atoms with E-state index in [2.05, 4.69) is 23.1 Å². The van der Waals surface area contributed by atoms with Crippen molar-refractivity contribution in [3.63, 3.8) is 0 Å². The second-order valence-electron chi connectivity index (χ2n) is 5.18. The van der Waals surface area contributed by atoms with Crippen LogP contribution < -0.4 is 16.2 Å². The minimum absolute atomic E-state index is 0.0113. The van der Waals surface area contributed by atoms with E-state index >= 15 is 0 Å². The molecule has 0 radical (unpaired) electrons. The molecular formula is C14H27N3O2S. The van der Waals surface area contributed by atoms with E-state index in [1.165, 1.54) is 19.3 Å².